The fraction of sp³-hybridized carbons (Fsp3) is 0.500. The van der Waals surface area contributed by atoms with E-state index in [-0.39, 0.29) is 31.4 Å². The molecule has 128 valence electrons. The molecule has 0 radical (unpaired) electrons. The summed E-state index contributed by atoms with van der Waals surface area (Å²) in [5, 5.41) is 4.45. The number of quaternary nitrogens is 2. The van der Waals surface area contributed by atoms with Crippen LogP contribution in [-0.4, -0.2) is 39.8 Å². The summed E-state index contributed by atoms with van der Waals surface area (Å²) in [6.45, 7) is 3.01. The van der Waals surface area contributed by atoms with E-state index >= 15 is 0 Å². The Morgan fingerprint density at radius 2 is 1.95 bits per heavy atom. The smallest absolute Gasteiger partial charge is 0.255 e. The van der Waals surface area contributed by atoms with E-state index < -0.39 is 5.91 Å². The lowest BCUT2D eigenvalue weighted by Crippen LogP contribution is -3.00. The van der Waals surface area contributed by atoms with Crippen LogP contribution in [0.15, 0.2) is 18.2 Å². The van der Waals surface area contributed by atoms with Gasteiger partial charge in [-0.25, -0.2) is 0 Å². The van der Waals surface area contributed by atoms with Crippen LogP contribution < -0.4 is 50.7 Å². The van der Waals surface area contributed by atoms with Gasteiger partial charge < -0.3 is 50.7 Å². The summed E-state index contributed by atoms with van der Waals surface area (Å²) in [4.78, 5) is 10.7. The molecular weight excluding hydrogens is 329 g/mol. The lowest BCUT2D eigenvalue weighted by atomic mass is 10.2. The number of nitrogens with two attached hydrogens (primary N) is 3. The number of benzene rings is 1. The Hall–Kier alpha value is -1.21. The monoisotopic (exact) mass is 353 g/mol. The van der Waals surface area contributed by atoms with Gasteiger partial charge in [-0.1, -0.05) is 0 Å². The van der Waals surface area contributed by atoms with Crippen molar-refractivity contribution >= 4 is 5.91 Å². The van der Waals surface area contributed by atoms with E-state index in [0.717, 1.165) is 25.2 Å². The molecule has 0 unspecified atom stereocenters. The van der Waals surface area contributed by atoms with Crippen molar-refractivity contribution in [3.05, 3.63) is 23.8 Å². The number of primary amides is 1. The summed E-state index contributed by atoms with van der Waals surface area (Å²) >= 11 is 0. The third-order valence-corrected chi connectivity index (χ3v) is 2.88. The molecule has 1 rings (SSSR count). The molecule has 0 aliphatic carbocycles. The molecule has 0 fully saturated rings. The molecule has 8 heteroatoms. The molecule has 0 saturated carbocycles. The van der Waals surface area contributed by atoms with Crippen LogP contribution in [-0.2, 0) is 11.3 Å². The van der Waals surface area contributed by atoms with Crippen molar-refractivity contribution in [2.24, 2.45) is 5.73 Å². The molecule has 0 aliphatic rings. The molecule has 0 aliphatic heterocycles. The Bertz CT molecular complexity index is 434. The van der Waals surface area contributed by atoms with E-state index in [1.54, 1.807) is 7.11 Å². The molecule has 0 bridgehead atoms. The van der Waals surface area contributed by atoms with E-state index in [0.29, 0.717) is 11.5 Å². The van der Waals surface area contributed by atoms with Crippen molar-refractivity contribution in [3.63, 3.8) is 0 Å². The number of halogens is 2. The number of ether oxygens (including phenoxy) is 2. The number of methoxy groups -OCH3 is 1. The first kappa shape index (κ1) is 23.1. The number of hydrogen-bond donors (Lipinski definition) is 3. The van der Waals surface area contributed by atoms with Crippen LogP contribution in [0.4, 0.5) is 0 Å². The van der Waals surface area contributed by atoms with E-state index in [4.69, 9.17) is 15.2 Å². The maximum absolute atomic E-state index is 10.7. The Morgan fingerprint density at radius 3 is 2.55 bits per heavy atom. The van der Waals surface area contributed by atoms with Crippen molar-refractivity contribution in [2.45, 2.75) is 13.0 Å². The van der Waals surface area contributed by atoms with Crippen molar-refractivity contribution in [3.8, 4) is 11.5 Å². The van der Waals surface area contributed by atoms with Gasteiger partial charge in [-0.3, -0.25) is 4.79 Å². The highest BCUT2D eigenvalue weighted by Crippen LogP contribution is 2.27. The van der Waals surface area contributed by atoms with E-state index in [1.165, 1.54) is 6.42 Å². The number of amides is 1. The maximum Gasteiger partial charge on any atom is 0.255 e. The molecular formula is C14H25Cl2N3O3. The van der Waals surface area contributed by atoms with Crippen molar-refractivity contribution < 1.29 is 49.7 Å². The Balaban J connectivity index is 0. The zero-order valence-electron chi connectivity index (χ0n) is 13.0. The quantitative estimate of drug-likeness (QED) is 0.364. The van der Waals surface area contributed by atoms with Gasteiger partial charge in [-0.2, -0.15) is 0 Å². The minimum absolute atomic E-state index is 0. The third kappa shape index (κ3) is 8.94. The second-order valence-corrected chi connectivity index (χ2v) is 4.57. The summed E-state index contributed by atoms with van der Waals surface area (Å²) in [5.74, 6) is 0.659. The molecule has 0 saturated heterocycles. The molecule has 1 amide bonds. The molecule has 0 spiro atoms. The largest absolute Gasteiger partial charge is 1.00 e. The highest BCUT2D eigenvalue weighted by molar-refractivity contribution is 5.75. The molecule has 22 heavy (non-hydrogen) atoms. The lowest BCUT2D eigenvalue weighted by molar-refractivity contribution is -0.682. The molecule has 1 aromatic carbocycles. The second-order valence-electron chi connectivity index (χ2n) is 4.57. The Morgan fingerprint density at radius 1 is 1.23 bits per heavy atom. The van der Waals surface area contributed by atoms with Gasteiger partial charge >= 0.3 is 0 Å². The summed E-state index contributed by atoms with van der Waals surface area (Å²) in [5.41, 5.74) is 6.22. The van der Waals surface area contributed by atoms with Gasteiger partial charge in [0, 0.05) is 12.0 Å². The van der Waals surface area contributed by atoms with Crippen molar-refractivity contribution in [1.82, 2.24) is 0 Å². The van der Waals surface area contributed by atoms with E-state index in [9.17, 15) is 4.79 Å². The standard InChI is InChI=1S/C14H23N3O3.2ClH/c1-16-6-3-7-17-9-11-4-5-12(13(8-11)19-2)20-10-14(15)18;;/h4-5,8,16-17H,3,6-7,9-10H2,1-2H3,(H2,15,18);2*1H. The topological polar surface area (TPSA) is 94.8 Å². The maximum atomic E-state index is 10.7. The van der Waals surface area contributed by atoms with Gasteiger partial charge in [0.05, 0.1) is 27.2 Å². The number of carbonyl (C=O) groups is 1. The van der Waals surface area contributed by atoms with Gasteiger partial charge in [0.1, 0.15) is 6.54 Å². The predicted octanol–water partition coefficient (Wildman–Crippen LogP) is -7.79. The van der Waals surface area contributed by atoms with Crippen LogP contribution in [0.3, 0.4) is 0 Å². The van der Waals surface area contributed by atoms with Crippen LogP contribution in [0.2, 0.25) is 0 Å². The first-order valence-corrected chi connectivity index (χ1v) is 6.85. The SMILES string of the molecule is C[NH2+]CCC[NH2+]Cc1ccc(OCC(N)=O)c(OC)c1.[Cl-].[Cl-]. The van der Waals surface area contributed by atoms with Crippen LogP contribution in [0, 0.1) is 0 Å². The van der Waals surface area contributed by atoms with Crippen molar-refractivity contribution in [1.29, 1.82) is 0 Å². The zero-order valence-corrected chi connectivity index (χ0v) is 14.5. The van der Waals surface area contributed by atoms with Gasteiger partial charge in [0.2, 0.25) is 0 Å². The lowest BCUT2D eigenvalue weighted by Gasteiger charge is -2.10. The number of carbonyl (C=O) groups excluding carboxylic acids is 1. The summed E-state index contributed by atoms with van der Waals surface area (Å²) in [6.07, 6.45) is 1.19. The minimum atomic E-state index is -0.503. The van der Waals surface area contributed by atoms with Crippen LogP contribution in [0.5, 0.6) is 11.5 Å². The second kappa shape index (κ2) is 13.5. The van der Waals surface area contributed by atoms with Gasteiger partial charge in [0.25, 0.3) is 5.91 Å². The van der Waals surface area contributed by atoms with Gasteiger partial charge in [-0.05, 0) is 18.2 Å². The average molecular weight is 354 g/mol. The van der Waals surface area contributed by atoms with Crippen LogP contribution in [0.25, 0.3) is 0 Å². The fourth-order valence-electron chi connectivity index (χ4n) is 1.84. The third-order valence-electron chi connectivity index (χ3n) is 2.88. The summed E-state index contributed by atoms with van der Waals surface area (Å²) < 4.78 is 10.6. The summed E-state index contributed by atoms with van der Waals surface area (Å²) in [7, 11) is 3.66. The van der Waals surface area contributed by atoms with E-state index in [2.05, 4.69) is 17.7 Å². The van der Waals surface area contributed by atoms with Crippen LogP contribution in [0.1, 0.15) is 12.0 Å². The normalized spacial score (nSPS) is 9.36. The predicted molar refractivity (Wildman–Crippen MR) is 75.5 cm³/mol. The first-order chi connectivity index (χ1) is 9.67. The Labute approximate surface area is 143 Å². The van der Waals surface area contributed by atoms with Gasteiger partial charge in [0.15, 0.2) is 18.1 Å². The molecule has 6 nitrogen and oxygen atoms in total. The average Bonchev–Trinajstić information content (AvgIpc) is 2.45. The summed E-state index contributed by atoms with van der Waals surface area (Å²) in [6, 6.07) is 5.71. The Kier molecular flexibility index (Phi) is 14.1. The molecule has 6 N–H and O–H groups in total. The molecule has 0 atom stereocenters. The van der Waals surface area contributed by atoms with Crippen LogP contribution >= 0.6 is 0 Å². The molecule has 0 heterocycles. The van der Waals surface area contributed by atoms with Crippen molar-refractivity contribution in [2.75, 3.05) is 33.9 Å². The first-order valence-electron chi connectivity index (χ1n) is 6.85. The highest BCUT2D eigenvalue weighted by Gasteiger charge is 2.08. The number of rotatable bonds is 10. The highest BCUT2D eigenvalue weighted by atomic mass is 35.5. The minimum Gasteiger partial charge on any atom is -1.00 e. The number of hydrogen-bond acceptors (Lipinski definition) is 3. The zero-order chi connectivity index (χ0) is 14.8. The fourth-order valence-corrected chi connectivity index (χ4v) is 1.84. The molecule has 1 aromatic rings. The van der Waals surface area contributed by atoms with Gasteiger partial charge in [-0.15, -0.1) is 0 Å². The molecule has 0 aromatic heterocycles. The van der Waals surface area contributed by atoms with E-state index in [1.807, 2.05) is 18.2 Å².